The van der Waals surface area contributed by atoms with Gasteiger partial charge in [0.1, 0.15) is 0 Å². The van der Waals surface area contributed by atoms with Gasteiger partial charge in [0.05, 0.1) is 20.8 Å². The van der Waals surface area contributed by atoms with Gasteiger partial charge in [-0.25, -0.2) is 0 Å². The molecule has 0 aliphatic carbocycles. The molecule has 0 spiro atoms. The highest BCUT2D eigenvalue weighted by molar-refractivity contribution is 5.51. The van der Waals surface area contributed by atoms with Crippen LogP contribution in [0.5, 0.6) is 17.2 Å². The summed E-state index contributed by atoms with van der Waals surface area (Å²) in [7, 11) is 5.26. The van der Waals surface area contributed by atoms with E-state index in [0.717, 1.165) is 24.5 Å². The first-order valence-corrected chi connectivity index (χ1v) is 6.82. The van der Waals surface area contributed by atoms with Crippen molar-refractivity contribution in [2.24, 2.45) is 0 Å². The Kier molecular flexibility index (Phi) is 7.82. The maximum atomic E-state index is 5.79. The van der Waals surface area contributed by atoms with E-state index in [1.54, 1.807) is 14.2 Å². The number of nitrogens with one attached hydrogen (secondary N) is 1. The Hall–Kier alpha value is -1.42. The van der Waals surface area contributed by atoms with Crippen LogP contribution in [0.3, 0.4) is 0 Å². The summed E-state index contributed by atoms with van der Waals surface area (Å²) < 4.78 is 16.4. The van der Waals surface area contributed by atoms with Crippen LogP contribution in [0.4, 0.5) is 0 Å². The van der Waals surface area contributed by atoms with Crippen LogP contribution in [-0.2, 0) is 0 Å². The van der Waals surface area contributed by atoms with Crippen LogP contribution < -0.4 is 19.5 Å². The first-order valence-electron chi connectivity index (χ1n) is 6.82. The van der Waals surface area contributed by atoms with Gasteiger partial charge in [-0.2, -0.15) is 0 Å². The fraction of sp³-hybridized carbons (Fsp3) is 0.600. The fourth-order valence-electron chi connectivity index (χ4n) is 1.89. The number of rotatable bonds is 10. The highest BCUT2D eigenvalue weighted by atomic mass is 16.5. The van der Waals surface area contributed by atoms with Gasteiger partial charge in [0.2, 0.25) is 5.75 Å². The molecule has 0 bridgehead atoms. The summed E-state index contributed by atoms with van der Waals surface area (Å²) in [4.78, 5) is 0. The zero-order valence-corrected chi connectivity index (χ0v) is 12.2. The number of ether oxygens (including phenoxy) is 3. The zero-order valence-electron chi connectivity index (χ0n) is 12.2. The molecule has 0 fully saturated rings. The van der Waals surface area contributed by atoms with Gasteiger partial charge in [-0.3, -0.25) is 0 Å². The molecular formula is C15H25NO3. The lowest BCUT2D eigenvalue weighted by Gasteiger charge is -2.13. The molecule has 0 amide bonds. The van der Waals surface area contributed by atoms with Crippen LogP contribution >= 0.6 is 0 Å². The quantitative estimate of drug-likeness (QED) is 0.662. The molecule has 1 aromatic carbocycles. The van der Waals surface area contributed by atoms with Gasteiger partial charge >= 0.3 is 0 Å². The molecule has 1 N–H and O–H groups in total. The van der Waals surface area contributed by atoms with Gasteiger partial charge in [-0.1, -0.05) is 18.9 Å². The van der Waals surface area contributed by atoms with Gasteiger partial charge in [0.15, 0.2) is 11.5 Å². The summed E-state index contributed by atoms with van der Waals surface area (Å²) in [5.74, 6) is 2.13. The minimum absolute atomic E-state index is 0.691. The van der Waals surface area contributed by atoms with Crippen LogP contribution in [0.1, 0.15) is 25.7 Å². The van der Waals surface area contributed by atoms with Crippen LogP contribution in [0.15, 0.2) is 18.2 Å². The van der Waals surface area contributed by atoms with E-state index in [-0.39, 0.29) is 0 Å². The number of unbranched alkanes of at least 4 members (excludes halogenated alkanes) is 3. The Morgan fingerprint density at radius 1 is 0.947 bits per heavy atom. The van der Waals surface area contributed by atoms with E-state index in [0.29, 0.717) is 12.4 Å². The van der Waals surface area contributed by atoms with Crippen molar-refractivity contribution in [1.29, 1.82) is 0 Å². The summed E-state index contributed by atoms with van der Waals surface area (Å²) in [5, 5.41) is 3.15. The highest BCUT2D eigenvalue weighted by Gasteiger charge is 2.10. The number of methoxy groups -OCH3 is 2. The predicted molar refractivity (Wildman–Crippen MR) is 77.4 cm³/mol. The van der Waals surface area contributed by atoms with Gasteiger partial charge in [0.25, 0.3) is 0 Å². The van der Waals surface area contributed by atoms with E-state index in [9.17, 15) is 0 Å². The first-order chi connectivity index (χ1) is 9.33. The molecule has 0 saturated heterocycles. The predicted octanol–water partition coefficient (Wildman–Crippen LogP) is 2.86. The molecular weight excluding hydrogens is 242 g/mol. The first kappa shape index (κ1) is 15.6. The van der Waals surface area contributed by atoms with Crippen molar-refractivity contribution < 1.29 is 14.2 Å². The van der Waals surface area contributed by atoms with Crippen molar-refractivity contribution in [3.8, 4) is 17.2 Å². The Morgan fingerprint density at radius 2 is 1.58 bits per heavy atom. The van der Waals surface area contributed by atoms with E-state index < -0.39 is 0 Å². The van der Waals surface area contributed by atoms with E-state index in [1.807, 2.05) is 25.2 Å². The third-order valence-corrected chi connectivity index (χ3v) is 2.95. The number of hydrogen-bond donors (Lipinski definition) is 1. The Bertz CT molecular complexity index is 333. The maximum absolute atomic E-state index is 5.79. The van der Waals surface area contributed by atoms with Gasteiger partial charge in [-0.15, -0.1) is 0 Å². The second-order valence-electron chi connectivity index (χ2n) is 4.36. The SMILES string of the molecule is CNCCCCCCOc1c(OC)cccc1OC. The molecule has 4 nitrogen and oxygen atoms in total. The Labute approximate surface area is 116 Å². The number of benzene rings is 1. The molecule has 0 radical (unpaired) electrons. The second kappa shape index (κ2) is 9.50. The van der Waals surface area contributed by atoms with Crippen molar-refractivity contribution in [2.75, 3.05) is 34.4 Å². The molecule has 4 heteroatoms. The minimum Gasteiger partial charge on any atom is -0.493 e. The van der Waals surface area contributed by atoms with Crippen molar-refractivity contribution in [3.05, 3.63) is 18.2 Å². The number of hydrogen-bond acceptors (Lipinski definition) is 4. The molecule has 0 aliphatic heterocycles. The normalized spacial score (nSPS) is 10.3. The lowest BCUT2D eigenvalue weighted by Crippen LogP contribution is -2.07. The van der Waals surface area contributed by atoms with Gasteiger partial charge < -0.3 is 19.5 Å². The third-order valence-electron chi connectivity index (χ3n) is 2.95. The summed E-state index contributed by atoms with van der Waals surface area (Å²) >= 11 is 0. The van der Waals surface area contributed by atoms with Crippen LogP contribution in [-0.4, -0.2) is 34.4 Å². The summed E-state index contributed by atoms with van der Waals surface area (Å²) in [5.41, 5.74) is 0. The smallest absolute Gasteiger partial charge is 0.203 e. The van der Waals surface area contributed by atoms with E-state index in [1.165, 1.54) is 19.3 Å². The van der Waals surface area contributed by atoms with Crippen LogP contribution in [0.25, 0.3) is 0 Å². The summed E-state index contributed by atoms with van der Waals surface area (Å²) in [6, 6.07) is 5.65. The molecule has 1 aromatic rings. The molecule has 108 valence electrons. The summed E-state index contributed by atoms with van der Waals surface area (Å²) in [6.45, 7) is 1.78. The van der Waals surface area contributed by atoms with Crippen molar-refractivity contribution in [2.45, 2.75) is 25.7 Å². The van der Waals surface area contributed by atoms with Crippen molar-refractivity contribution >= 4 is 0 Å². The average Bonchev–Trinajstić information content (AvgIpc) is 2.46. The topological polar surface area (TPSA) is 39.7 Å². The van der Waals surface area contributed by atoms with Crippen LogP contribution in [0.2, 0.25) is 0 Å². The summed E-state index contributed by atoms with van der Waals surface area (Å²) in [6.07, 6.45) is 4.67. The molecule has 1 rings (SSSR count). The Morgan fingerprint density at radius 3 is 2.16 bits per heavy atom. The van der Waals surface area contributed by atoms with Gasteiger partial charge in [0, 0.05) is 0 Å². The standard InChI is InChI=1S/C15H25NO3/c1-16-11-6-4-5-7-12-19-15-13(17-2)9-8-10-14(15)18-3/h8-10,16H,4-7,11-12H2,1-3H3. The largest absolute Gasteiger partial charge is 0.493 e. The molecule has 0 unspecified atom stereocenters. The Balaban J connectivity index is 2.35. The molecule has 0 heterocycles. The number of para-hydroxylation sites is 1. The lowest BCUT2D eigenvalue weighted by atomic mass is 10.2. The lowest BCUT2D eigenvalue weighted by molar-refractivity contribution is 0.267. The minimum atomic E-state index is 0.691. The molecule has 0 atom stereocenters. The third kappa shape index (κ3) is 5.39. The van der Waals surface area contributed by atoms with E-state index in [2.05, 4.69) is 5.32 Å². The molecule has 19 heavy (non-hydrogen) atoms. The van der Waals surface area contributed by atoms with Gasteiger partial charge in [-0.05, 0) is 38.6 Å². The maximum Gasteiger partial charge on any atom is 0.203 e. The van der Waals surface area contributed by atoms with E-state index in [4.69, 9.17) is 14.2 Å². The fourth-order valence-corrected chi connectivity index (χ4v) is 1.89. The van der Waals surface area contributed by atoms with Crippen molar-refractivity contribution in [3.63, 3.8) is 0 Å². The van der Waals surface area contributed by atoms with E-state index >= 15 is 0 Å². The molecule has 0 saturated carbocycles. The van der Waals surface area contributed by atoms with Crippen LogP contribution in [0, 0.1) is 0 Å². The highest BCUT2D eigenvalue weighted by Crippen LogP contribution is 2.36. The molecule has 0 aromatic heterocycles. The monoisotopic (exact) mass is 267 g/mol. The molecule has 0 aliphatic rings. The van der Waals surface area contributed by atoms with Crippen molar-refractivity contribution in [1.82, 2.24) is 5.32 Å². The zero-order chi connectivity index (χ0) is 13.9. The second-order valence-corrected chi connectivity index (χ2v) is 4.36. The average molecular weight is 267 g/mol.